The van der Waals surface area contributed by atoms with Crippen molar-refractivity contribution in [3.8, 4) is 0 Å². The monoisotopic (exact) mass is 602 g/mol. The molecular weight excluding hydrogens is 548 g/mol. The van der Waals surface area contributed by atoms with Crippen molar-refractivity contribution < 1.29 is 34.1 Å². The molecule has 0 aliphatic heterocycles. The number of amides is 1. The second-order valence-electron chi connectivity index (χ2n) is 12.4. The third-order valence-electron chi connectivity index (χ3n) is 5.48. The standard InChI is InChI=1S/C30H44N2O5.C3H8.CH2O2/c1-8-22-16-23(19-26(27(33)34)31-28(35)37-30(5,6)7)18-24(17-22)20-32(25-12-10-9-11-13-25)14-15-36-21-29(2,3)4;1-3-2;2-1-3/h9-13,16-18,26H,8,14-15,19-21H2,1-7H3,(H,31,35)(H,33,34);3H2,1-2H3;1H,(H,2,3). The minimum atomic E-state index is -1.10. The van der Waals surface area contributed by atoms with Gasteiger partial charge in [-0.3, -0.25) is 4.79 Å². The summed E-state index contributed by atoms with van der Waals surface area (Å²) >= 11 is 0. The summed E-state index contributed by atoms with van der Waals surface area (Å²) in [5, 5.41) is 19.1. The third kappa shape index (κ3) is 19.3. The fraction of sp³-hybridized carbons (Fsp3) is 0.559. The second kappa shape index (κ2) is 20.3. The molecule has 43 heavy (non-hydrogen) atoms. The number of hydrogen-bond acceptors (Lipinski definition) is 6. The first-order valence-corrected chi connectivity index (χ1v) is 14.9. The van der Waals surface area contributed by atoms with Gasteiger partial charge in [-0.15, -0.1) is 0 Å². The van der Waals surface area contributed by atoms with Crippen molar-refractivity contribution in [2.24, 2.45) is 5.41 Å². The van der Waals surface area contributed by atoms with Gasteiger partial charge >= 0.3 is 12.1 Å². The number of ether oxygens (including phenoxy) is 2. The molecule has 2 aromatic carbocycles. The Balaban J connectivity index is 0.00000270. The molecule has 3 N–H and O–H groups in total. The Morgan fingerprint density at radius 2 is 1.49 bits per heavy atom. The number of para-hydroxylation sites is 1. The van der Waals surface area contributed by atoms with E-state index in [1.54, 1.807) is 20.8 Å². The normalized spacial score (nSPS) is 11.6. The highest BCUT2D eigenvalue weighted by Gasteiger charge is 2.24. The average molecular weight is 603 g/mol. The zero-order valence-corrected chi connectivity index (χ0v) is 27.6. The van der Waals surface area contributed by atoms with Crippen molar-refractivity contribution in [2.45, 2.75) is 99.8 Å². The van der Waals surface area contributed by atoms with E-state index in [9.17, 15) is 14.7 Å². The van der Waals surface area contributed by atoms with Gasteiger partial charge in [-0.25, -0.2) is 9.59 Å². The quantitative estimate of drug-likeness (QED) is 0.176. The SMILES string of the molecule is CCC.CCc1cc(CC(NC(=O)OC(C)(C)C)C(=O)O)cc(CN(CCOCC(C)(C)C)c2ccccc2)c1.O=CO. The number of nitrogens with one attached hydrogen (secondary N) is 1. The highest BCUT2D eigenvalue weighted by molar-refractivity contribution is 5.80. The molecule has 0 fully saturated rings. The summed E-state index contributed by atoms with van der Waals surface area (Å²) in [6.45, 7) is 20.4. The summed E-state index contributed by atoms with van der Waals surface area (Å²) in [6, 6.07) is 15.3. The predicted molar refractivity (Wildman–Crippen MR) is 173 cm³/mol. The number of aryl methyl sites for hydroxylation is 1. The summed E-state index contributed by atoms with van der Waals surface area (Å²) in [6.07, 6.45) is 1.49. The number of benzene rings is 2. The van der Waals surface area contributed by atoms with Crippen LogP contribution in [0, 0.1) is 5.41 Å². The van der Waals surface area contributed by atoms with Crippen LogP contribution < -0.4 is 10.2 Å². The van der Waals surface area contributed by atoms with Crippen molar-refractivity contribution in [3.63, 3.8) is 0 Å². The van der Waals surface area contributed by atoms with Crippen LogP contribution in [0.15, 0.2) is 48.5 Å². The van der Waals surface area contributed by atoms with E-state index < -0.39 is 23.7 Å². The Hall–Kier alpha value is -3.59. The smallest absolute Gasteiger partial charge is 0.408 e. The molecule has 242 valence electrons. The zero-order valence-electron chi connectivity index (χ0n) is 27.6. The molecule has 1 unspecified atom stereocenters. The lowest BCUT2D eigenvalue weighted by molar-refractivity contribution is -0.139. The maximum absolute atomic E-state index is 12.2. The van der Waals surface area contributed by atoms with Crippen LogP contribution in [0.25, 0.3) is 0 Å². The van der Waals surface area contributed by atoms with Crippen molar-refractivity contribution in [1.82, 2.24) is 5.32 Å². The molecule has 0 spiro atoms. The number of carbonyl (C=O) groups is 3. The van der Waals surface area contributed by atoms with E-state index in [1.165, 1.54) is 6.42 Å². The lowest BCUT2D eigenvalue weighted by Gasteiger charge is -2.27. The van der Waals surface area contributed by atoms with Gasteiger partial charge in [-0.2, -0.15) is 0 Å². The van der Waals surface area contributed by atoms with Gasteiger partial charge < -0.3 is 29.9 Å². The van der Waals surface area contributed by atoms with Crippen molar-refractivity contribution in [2.75, 3.05) is 24.7 Å². The topological polar surface area (TPSA) is 125 Å². The maximum Gasteiger partial charge on any atom is 0.408 e. The van der Waals surface area contributed by atoms with E-state index in [1.807, 2.05) is 30.3 Å². The van der Waals surface area contributed by atoms with Gasteiger partial charge in [0.25, 0.3) is 6.47 Å². The molecule has 2 rings (SSSR count). The molecule has 0 saturated carbocycles. The van der Waals surface area contributed by atoms with Crippen LogP contribution in [0.3, 0.4) is 0 Å². The van der Waals surface area contributed by atoms with Gasteiger partial charge in [0.2, 0.25) is 0 Å². The Bertz CT molecular complexity index is 1080. The molecule has 1 atom stereocenters. The number of carboxylic acids is 1. The molecule has 0 saturated heterocycles. The fourth-order valence-electron chi connectivity index (χ4n) is 3.85. The molecule has 0 bridgehead atoms. The molecular formula is C34H54N2O7. The van der Waals surface area contributed by atoms with Crippen molar-refractivity contribution >= 4 is 24.2 Å². The lowest BCUT2D eigenvalue weighted by Crippen LogP contribution is -2.44. The average Bonchev–Trinajstić information content (AvgIpc) is 2.89. The van der Waals surface area contributed by atoms with Crippen LogP contribution in [-0.2, 0) is 38.4 Å². The van der Waals surface area contributed by atoms with Gasteiger partial charge in [0.1, 0.15) is 11.6 Å². The molecule has 0 aliphatic carbocycles. The van der Waals surface area contributed by atoms with E-state index in [0.29, 0.717) is 19.8 Å². The summed E-state index contributed by atoms with van der Waals surface area (Å²) in [7, 11) is 0. The van der Waals surface area contributed by atoms with Gasteiger partial charge in [0.05, 0.1) is 13.2 Å². The number of hydrogen-bond donors (Lipinski definition) is 3. The van der Waals surface area contributed by atoms with Crippen molar-refractivity contribution in [3.05, 3.63) is 65.2 Å². The summed E-state index contributed by atoms with van der Waals surface area (Å²) in [5.41, 5.74) is 3.55. The number of carbonyl (C=O) groups excluding carboxylic acids is 1. The van der Waals surface area contributed by atoms with Crippen LogP contribution >= 0.6 is 0 Å². The second-order valence-corrected chi connectivity index (χ2v) is 12.4. The minimum Gasteiger partial charge on any atom is -0.483 e. The summed E-state index contributed by atoms with van der Waals surface area (Å²) in [4.78, 5) is 34.8. The number of anilines is 1. The number of alkyl carbamates (subject to hydrolysis) is 1. The Morgan fingerprint density at radius 3 is 1.98 bits per heavy atom. The number of carboxylic acid groups (broad SMARTS) is 2. The molecule has 0 radical (unpaired) electrons. The van der Waals surface area contributed by atoms with Gasteiger partial charge in [-0.05, 0) is 61.4 Å². The summed E-state index contributed by atoms with van der Waals surface area (Å²) < 4.78 is 11.2. The van der Waals surface area contributed by atoms with E-state index in [2.05, 4.69) is 70.0 Å². The Morgan fingerprint density at radius 1 is 0.953 bits per heavy atom. The molecule has 2 aromatic rings. The molecule has 9 nitrogen and oxygen atoms in total. The number of rotatable bonds is 12. The minimum absolute atomic E-state index is 0.107. The van der Waals surface area contributed by atoms with Gasteiger partial charge in [-0.1, -0.05) is 84.4 Å². The van der Waals surface area contributed by atoms with Crippen LogP contribution in [0.2, 0.25) is 0 Å². The Kier molecular flexibility index (Phi) is 18.6. The van der Waals surface area contributed by atoms with Crippen LogP contribution in [0.1, 0.15) is 85.4 Å². The first kappa shape index (κ1) is 39.4. The van der Waals surface area contributed by atoms with Crippen molar-refractivity contribution in [1.29, 1.82) is 0 Å². The Labute approximate surface area is 258 Å². The highest BCUT2D eigenvalue weighted by Crippen LogP contribution is 2.21. The molecule has 0 aliphatic rings. The molecule has 0 aromatic heterocycles. The summed E-state index contributed by atoms with van der Waals surface area (Å²) in [5.74, 6) is -1.10. The van der Waals surface area contributed by atoms with E-state index >= 15 is 0 Å². The highest BCUT2D eigenvalue weighted by atomic mass is 16.6. The molecule has 1 amide bonds. The first-order chi connectivity index (χ1) is 20.1. The lowest BCUT2D eigenvalue weighted by atomic mass is 9.98. The molecule has 9 heteroatoms. The zero-order chi connectivity index (χ0) is 33.1. The first-order valence-electron chi connectivity index (χ1n) is 14.9. The number of aliphatic carboxylic acids is 1. The largest absolute Gasteiger partial charge is 0.483 e. The third-order valence-corrected chi connectivity index (χ3v) is 5.48. The van der Waals surface area contributed by atoms with E-state index in [0.717, 1.165) is 35.3 Å². The van der Waals surface area contributed by atoms with Crippen LogP contribution in [0.5, 0.6) is 0 Å². The van der Waals surface area contributed by atoms with Crippen LogP contribution in [0.4, 0.5) is 10.5 Å². The van der Waals surface area contributed by atoms with E-state index in [4.69, 9.17) is 19.4 Å². The van der Waals surface area contributed by atoms with Gasteiger partial charge in [0.15, 0.2) is 0 Å². The van der Waals surface area contributed by atoms with Crippen LogP contribution in [-0.4, -0.2) is 60.1 Å². The van der Waals surface area contributed by atoms with Gasteiger partial charge in [0, 0.05) is 25.2 Å². The maximum atomic E-state index is 12.2. The number of nitrogens with zero attached hydrogens (tertiary/aromatic N) is 1. The van der Waals surface area contributed by atoms with E-state index in [-0.39, 0.29) is 18.3 Å². The predicted octanol–water partition coefficient (Wildman–Crippen LogP) is 6.96. The fourth-order valence-corrected chi connectivity index (χ4v) is 3.85. The molecule has 0 heterocycles.